The molecule has 1 aromatic rings. The Hall–Kier alpha value is -1.35. The molecule has 1 unspecified atom stereocenters. The molecule has 0 aromatic heterocycles. The van der Waals surface area contributed by atoms with Crippen LogP contribution in [0.4, 0.5) is 0 Å². The molecule has 2 N–H and O–H groups in total. The number of aldehydes is 1. The van der Waals surface area contributed by atoms with Gasteiger partial charge >= 0.3 is 0 Å². The number of carbonyl (C=O) groups excluding carboxylic acids is 1. The van der Waals surface area contributed by atoms with E-state index in [0.717, 1.165) is 18.4 Å². The summed E-state index contributed by atoms with van der Waals surface area (Å²) in [6, 6.07) is 5.39. The van der Waals surface area contributed by atoms with Gasteiger partial charge in [-0.3, -0.25) is 4.79 Å². The van der Waals surface area contributed by atoms with E-state index in [0.29, 0.717) is 11.8 Å². The van der Waals surface area contributed by atoms with Gasteiger partial charge in [-0.25, -0.2) is 0 Å². The maximum Gasteiger partial charge on any atom is 0.153 e. The highest BCUT2D eigenvalue weighted by molar-refractivity contribution is 5.79. The Morgan fingerprint density at radius 1 is 1.53 bits per heavy atom. The summed E-state index contributed by atoms with van der Waals surface area (Å²) in [6.07, 6.45) is 2.76. The predicted octanol–water partition coefficient (Wildman–Crippen LogP) is 2.27. The van der Waals surface area contributed by atoms with Crippen molar-refractivity contribution in [2.45, 2.75) is 25.8 Å². The molecule has 0 fully saturated rings. The molecular weight excluding hydrogens is 190 g/mol. The molecule has 0 aliphatic carbocycles. The van der Waals surface area contributed by atoms with Crippen LogP contribution in [0.15, 0.2) is 18.2 Å². The topological polar surface area (TPSA) is 49.3 Å². The van der Waals surface area contributed by atoms with Crippen molar-refractivity contribution in [3.8, 4) is 5.75 Å². The highest BCUT2D eigenvalue weighted by Crippen LogP contribution is 2.23. The summed E-state index contributed by atoms with van der Waals surface area (Å²) in [5.74, 6) is 0.0418. The van der Waals surface area contributed by atoms with Crippen molar-refractivity contribution >= 4 is 6.29 Å². The van der Waals surface area contributed by atoms with Gasteiger partial charge in [0.2, 0.25) is 0 Å². The van der Waals surface area contributed by atoms with Crippen LogP contribution in [-0.2, 0) is 0 Å². The molecule has 0 saturated heterocycles. The standard InChI is InChI=1S/C12H17NO2/c1-3-4-11(13-2)9-5-6-12(15)10(7-9)8-14/h5-8,11,13,15H,3-4H2,1-2H3. The summed E-state index contributed by atoms with van der Waals surface area (Å²) in [6.45, 7) is 2.12. The van der Waals surface area contributed by atoms with E-state index in [1.165, 1.54) is 0 Å². The van der Waals surface area contributed by atoms with Crippen LogP contribution in [0.1, 0.15) is 41.7 Å². The summed E-state index contributed by atoms with van der Waals surface area (Å²) in [5, 5.41) is 12.6. The van der Waals surface area contributed by atoms with Crippen LogP contribution in [0.2, 0.25) is 0 Å². The Morgan fingerprint density at radius 3 is 2.80 bits per heavy atom. The molecule has 0 saturated carbocycles. The Balaban J connectivity index is 2.97. The third kappa shape index (κ3) is 2.80. The fourth-order valence-corrected chi connectivity index (χ4v) is 1.65. The van der Waals surface area contributed by atoms with Crippen molar-refractivity contribution < 1.29 is 9.90 Å². The lowest BCUT2D eigenvalue weighted by Gasteiger charge is -2.16. The van der Waals surface area contributed by atoms with Gasteiger partial charge in [0.1, 0.15) is 5.75 Å². The second-order valence-corrected chi connectivity index (χ2v) is 3.57. The van der Waals surface area contributed by atoms with Gasteiger partial charge in [-0.2, -0.15) is 0 Å². The van der Waals surface area contributed by atoms with E-state index in [-0.39, 0.29) is 11.8 Å². The van der Waals surface area contributed by atoms with Crippen LogP contribution < -0.4 is 5.32 Å². The molecule has 0 spiro atoms. The third-order valence-electron chi connectivity index (χ3n) is 2.51. The quantitative estimate of drug-likeness (QED) is 0.728. The summed E-state index contributed by atoms with van der Waals surface area (Å²) in [5.41, 5.74) is 1.39. The van der Waals surface area contributed by atoms with Gasteiger partial charge in [-0.1, -0.05) is 19.4 Å². The van der Waals surface area contributed by atoms with E-state index in [1.807, 2.05) is 13.1 Å². The molecule has 82 valence electrons. The normalized spacial score (nSPS) is 12.4. The van der Waals surface area contributed by atoms with Gasteiger partial charge in [0.15, 0.2) is 6.29 Å². The minimum atomic E-state index is 0.0418. The minimum Gasteiger partial charge on any atom is -0.507 e. The summed E-state index contributed by atoms with van der Waals surface area (Å²) in [7, 11) is 1.90. The van der Waals surface area contributed by atoms with Crippen LogP contribution in [0, 0.1) is 0 Å². The molecule has 3 nitrogen and oxygen atoms in total. The molecule has 1 atom stereocenters. The molecule has 1 aromatic carbocycles. The average Bonchev–Trinajstić information content (AvgIpc) is 2.27. The van der Waals surface area contributed by atoms with E-state index in [4.69, 9.17) is 0 Å². The van der Waals surface area contributed by atoms with Crippen molar-refractivity contribution in [3.63, 3.8) is 0 Å². The lowest BCUT2D eigenvalue weighted by molar-refractivity contribution is 0.112. The highest BCUT2D eigenvalue weighted by Gasteiger charge is 2.10. The monoisotopic (exact) mass is 207 g/mol. The van der Waals surface area contributed by atoms with Crippen LogP contribution in [0.3, 0.4) is 0 Å². The second-order valence-electron chi connectivity index (χ2n) is 3.57. The first-order valence-corrected chi connectivity index (χ1v) is 5.18. The fourth-order valence-electron chi connectivity index (χ4n) is 1.65. The zero-order valence-electron chi connectivity index (χ0n) is 9.16. The third-order valence-corrected chi connectivity index (χ3v) is 2.51. The Morgan fingerprint density at radius 2 is 2.27 bits per heavy atom. The molecule has 0 bridgehead atoms. The van der Waals surface area contributed by atoms with Gasteiger partial charge < -0.3 is 10.4 Å². The molecule has 0 heterocycles. The smallest absolute Gasteiger partial charge is 0.153 e. The SMILES string of the molecule is CCCC(NC)c1ccc(O)c(C=O)c1. The number of carbonyl (C=O) groups is 1. The van der Waals surface area contributed by atoms with Crippen LogP contribution in [-0.4, -0.2) is 18.4 Å². The number of benzene rings is 1. The maximum absolute atomic E-state index is 10.7. The number of phenols is 1. The summed E-state index contributed by atoms with van der Waals surface area (Å²) in [4.78, 5) is 10.7. The van der Waals surface area contributed by atoms with Crippen molar-refractivity contribution in [1.82, 2.24) is 5.32 Å². The van der Waals surface area contributed by atoms with Gasteiger partial charge in [0.25, 0.3) is 0 Å². The Bertz CT molecular complexity index is 336. The van der Waals surface area contributed by atoms with E-state index in [9.17, 15) is 9.90 Å². The van der Waals surface area contributed by atoms with Crippen molar-refractivity contribution in [1.29, 1.82) is 0 Å². The molecule has 1 rings (SSSR count). The van der Waals surface area contributed by atoms with Crippen LogP contribution in [0.25, 0.3) is 0 Å². The molecule has 0 aliphatic rings. The molecular formula is C12H17NO2. The van der Waals surface area contributed by atoms with Gasteiger partial charge in [0, 0.05) is 6.04 Å². The predicted molar refractivity (Wildman–Crippen MR) is 60.2 cm³/mol. The summed E-state index contributed by atoms with van der Waals surface area (Å²) >= 11 is 0. The Labute approximate surface area is 90.1 Å². The first kappa shape index (κ1) is 11.7. The second kappa shape index (κ2) is 5.51. The number of nitrogens with one attached hydrogen (secondary N) is 1. The van der Waals surface area contributed by atoms with E-state index in [1.54, 1.807) is 12.1 Å². The van der Waals surface area contributed by atoms with Crippen molar-refractivity contribution in [2.75, 3.05) is 7.05 Å². The van der Waals surface area contributed by atoms with E-state index < -0.39 is 0 Å². The largest absolute Gasteiger partial charge is 0.507 e. The first-order valence-electron chi connectivity index (χ1n) is 5.18. The van der Waals surface area contributed by atoms with Crippen molar-refractivity contribution in [3.05, 3.63) is 29.3 Å². The molecule has 0 amide bonds. The molecule has 0 aliphatic heterocycles. The van der Waals surface area contributed by atoms with Crippen LogP contribution >= 0.6 is 0 Å². The lowest BCUT2D eigenvalue weighted by Crippen LogP contribution is -2.16. The maximum atomic E-state index is 10.7. The van der Waals surface area contributed by atoms with Gasteiger partial charge in [0.05, 0.1) is 5.56 Å². The number of aromatic hydroxyl groups is 1. The van der Waals surface area contributed by atoms with Crippen molar-refractivity contribution in [2.24, 2.45) is 0 Å². The van der Waals surface area contributed by atoms with Crippen LogP contribution in [0.5, 0.6) is 5.75 Å². The summed E-state index contributed by atoms with van der Waals surface area (Å²) < 4.78 is 0. The van der Waals surface area contributed by atoms with E-state index in [2.05, 4.69) is 12.2 Å². The van der Waals surface area contributed by atoms with Gasteiger partial charge in [-0.05, 0) is 31.2 Å². The highest BCUT2D eigenvalue weighted by atomic mass is 16.3. The molecule has 0 radical (unpaired) electrons. The molecule has 15 heavy (non-hydrogen) atoms. The number of rotatable bonds is 5. The Kier molecular flexibility index (Phi) is 4.31. The lowest BCUT2D eigenvalue weighted by atomic mass is 10.0. The minimum absolute atomic E-state index is 0.0418. The number of hydrogen-bond acceptors (Lipinski definition) is 3. The zero-order valence-corrected chi connectivity index (χ0v) is 9.16. The molecule has 3 heteroatoms. The number of hydrogen-bond donors (Lipinski definition) is 2. The average molecular weight is 207 g/mol. The fraction of sp³-hybridized carbons (Fsp3) is 0.417. The van der Waals surface area contributed by atoms with Gasteiger partial charge in [-0.15, -0.1) is 0 Å². The first-order chi connectivity index (χ1) is 7.22. The number of phenolic OH excluding ortho intramolecular Hbond substituents is 1. The van der Waals surface area contributed by atoms with E-state index >= 15 is 0 Å². The zero-order chi connectivity index (χ0) is 11.3.